The smallest absolute Gasteiger partial charge is 0.0498 e. The number of anilines is 1. The molecule has 1 aliphatic rings. The van der Waals surface area contributed by atoms with Gasteiger partial charge in [-0.05, 0) is 36.7 Å². The number of halogens is 1. The standard InChI is InChI=1S/C17H19BrN2/c18-15-8-4-9-16(12-15)20-11-5-10-19-17(13-20)14-6-2-1-3-7-14/h1-4,6-9,12,17,19H,5,10-11,13H2. The fraction of sp³-hybridized carbons (Fsp3) is 0.294. The van der Waals surface area contributed by atoms with Crippen LogP contribution in [0.3, 0.4) is 0 Å². The van der Waals surface area contributed by atoms with E-state index >= 15 is 0 Å². The molecule has 1 unspecified atom stereocenters. The molecule has 1 N–H and O–H groups in total. The van der Waals surface area contributed by atoms with Gasteiger partial charge in [-0.1, -0.05) is 52.3 Å². The number of hydrogen-bond acceptors (Lipinski definition) is 2. The minimum absolute atomic E-state index is 0.401. The molecule has 0 spiro atoms. The maximum absolute atomic E-state index is 3.66. The van der Waals surface area contributed by atoms with Gasteiger partial charge in [0.2, 0.25) is 0 Å². The van der Waals surface area contributed by atoms with Crippen molar-refractivity contribution in [3.8, 4) is 0 Å². The Balaban J connectivity index is 1.82. The number of hydrogen-bond donors (Lipinski definition) is 1. The number of benzene rings is 2. The predicted molar refractivity (Wildman–Crippen MR) is 88.2 cm³/mol. The number of nitrogens with one attached hydrogen (secondary N) is 1. The molecule has 20 heavy (non-hydrogen) atoms. The monoisotopic (exact) mass is 330 g/mol. The molecule has 3 rings (SSSR count). The normalized spacial score (nSPS) is 19.6. The van der Waals surface area contributed by atoms with Crippen LogP contribution >= 0.6 is 15.9 Å². The van der Waals surface area contributed by atoms with E-state index in [2.05, 4.69) is 80.7 Å². The van der Waals surface area contributed by atoms with Crippen molar-refractivity contribution in [1.29, 1.82) is 0 Å². The Hall–Kier alpha value is -1.32. The van der Waals surface area contributed by atoms with Crippen LogP contribution in [0.15, 0.2) is 59.1 Å². The lowest BCUT2D eigenvalue weighted by molar-refractivity contribution is 0.570. The molecule has 0 aromatic heterocycles. The topological polar surface area (TPSA) is 15.3 Å². The van der Waals surface area contributed by atoms with Crippen LogP contribution in [0.2, 0.25) is 0 Å². The third-order valence-electron chi connectivity index (χ3n) is 3.77. The fourth-order valence-electron chi connectivity index (χ4n) is 2.74. The van der Waals surface area contributed by atoms with E-state index < -0.39 is 0 Å². The summed E-state index contributed by atoms with van der Waals surface area (Å²) in [6.45, 7) is 3.19. The highest BCUT2D eigenvalue weighted by Gasteiger charge is 2.19. The summed E-state index contributed by atoms with van der Waals surface area (Å²) in [7, 11) is 0. The van der Waals surface area contributed by atoms with Gasteiger partial charge in [0.15, 0.2) is 0 Å². The summed E-state index contributed by atoms with van der Waals surface area (Å²) < 4.78 is 1.14. The van der Waals surface area contributed by atoms with Gasteiger partial charge in [0.1, 0.15) is 0 Å². The van der Waals surface area contributed by atoms with Crippen molar-refractivity contribution < 1.29 is 0 Å². The van der Waals surface area contributed by atoms with E-state index in [1.807, 2.05) is 0 Å². The van der Waals surface area contributed by atoms with Crippen molar-refractivity contribution in [2.45, 2.75) is 12.5 Å². The first-order valence-electron chi connectivity index (χ1n) is 7.12. The Labute approximate surface area is 128 Å². The van der Waals surface area contributed by atoms with Gasteiger partial charge in [0.05, 0.1) is 0 Å². The summed E-state index contributed by atoms with van der Waals surface area (Å²) in [5.41, 5.74) is 2.67. The van der Waals surface area contributed by atoms with Crippen LogP contribution in [0.25, 0.3) is 0 Å². The van der Waals surface area contributed by atoms with Gasteiger partial charge >= 0.3 is 0 Å². The molecule has 1 saturated heterocycles. The molecule has 0 amide bonds. The third-order valence-corrected chi connectivity index (χ3v) is 4.27. The van der Waals surface area contributed by atoms with Crippen LogP contribution in [-0.4, -0.2) is 19.6 Å². The highest BCUT2D eigenvalue weighted by Crippen LogP contribution is 2.24. The lowest BCUT2D eigenvalue weighted by Crippen LogP contribution is -2.31. The average molecular weight is 331 g/mol. The second-order valence-corrected chi connectivity index (χ2v) is 6.11. The molecule has 1 atom stereocenters. The Morgan fingerprint density at radius 2 is 1.90 bits per heavy atom. The second kappa shape index (κ2) is 6.42. The van der Waals surface area contributed by atoms with E-state index in [0.29, 0.717) is 6.04 Å². The van der Waals surface area contributed by atoms with Crippen molar-refractivity contribution >= 4 is 21.6 Å². The Kier molecular flexibility index (Phi) is 4.38. The highest BCUT2D eigenvalue weighted by molar-refractivity contribution is 9.10. The van der Waals surface area contributed by atoms with Gasteiger partial charge in [0.25, 0.3) is 0 Å². The zero-order valence-corrected chi connectivity index (χ0v) is 13.0. The number of nitrogens with zero attached hydrogens (tertiary/aromatic N) is 1. The summed E-state index contributed by atoms with van der Waals surface area (Å²) in [6.07, 6.45) is 1.18. The van der Waals surface area contributed by atoms with Crippen LogP contribution in [-0.2, 0) is 0 Å². The van der Waals surface area contributed by atoms with Crippen molar-refractivity contribution in [2.24, 2.45) is 0 Å². The molecule has 104 valence electrons. The first kappa shape index (κ1) is 13.7. The lowest BCUT2D eigenvalue weighted by atomic mass is 10.1. The maximum Gasteiger partial charge on any atom is 0.0498 e. The molecule has 2 aromatic rings. The van der Waals surface area contributed by atoms with Crippen LogP contribution < -0.4 is 10.2 Å². The molecule has 2 aromatic carbocycles. The Bertz CT molecular complexity index is 556. The van der Waals surface area contributed by atoms with E-state index in [1.165, 1.54) is 17.7 Å². The minimum atomic E-state index is 0.401. The number of rotatable bonds is 2. The fourth-order valence-corrected chi connectivity index (χ4v) is 3.13. The van der Waals surface area contributed by atoms with Crippen LogP contribution in [0, 0.1) is 0 Å². The van der Waals surface area contributed by atoms with Crippen LogP contribution in [0.5, 0.6) is 0 Å². The molecule has 0 bridgehead atoms. The maximum atomic E-state index is 3.66. The van der Waals surface area contributed by atoms with Crippen LogP contribution in [0.1, 0.15) is 18.0 Å². The molecule has 0 aliphatic carbocycles. The molecule has 3 heteroatoms. The molecular formula is C17H19BrN2. The SMILES string of the molecule is Brc1cccc(N2CCCNC(c3ccccc3)C2)c1. The van der Waals surface area contributed by atoms with Gasteiger partial charge in [-0.25, -0.2) is 0 Å². The zero-order chi connectivity index (χ0) is 13.8. The summed E-state index contributed by atoms with van der Waals surface area (Å²) in [5, 5.41) is 3.66. The van der Waals surface area contributed by atoms with Gasteiger partial charge in [-0.15, -0.1) is 0 Å². The van der Waals surface area contributed by atoms with E-state index in [4.69, 9.17) is 0 Å². The van der Waals surface area contributed by atoms with E-state index in [9.17, 15) is 0 Å². The average Bonchev–Trinajstić information content (AvgIpc) is 2.74. The molecule has 2 nitrogen and oxygen atoms in total. The summed E-state index contributed by atoms with van der Waals surface area (Å²) in [5.74, 6) is 0. The van der Waals surface area contributed by atoms with Crippen molar-refractivity contribution in [2.75, 3.05) is 24.5 Å². The van der Waals surface area contributed by atoms with E-state index in [0.717, 1.165) is 24.1 Å². The van der Waals surface area contributed by atoms with Gasteiger partial charge in [0, 0.05) is 29.3 Å². The van der Waals surface area contributed by atoms with Crippen molar-refractivity contribution in [3.63, 3.8) is 0 Å². The zero-order valence-electron chi connectivity index (χ0n) is 11.4. The second-order valence-electron chi connectivity index (χ2n) is 5.20. The lowest BCUT2D eigenvalue weighted by Gasteiger charge is -2.27. The molecule has 1 aliphatic heterocycles. The largest absolute Gasteiger partial charge is 0.370 e. The van der Waals surface area contributed by atoms with Crippen molar-refractivity contribution in [3.05, 3.63) is 64.6 Å². The Morgan fingerprint density at radius 3 is 2.70 bits per heavy atom. The van der Waals surface area contributed by atoms with Gasteiger partial charge in [-0.2, -0.15) is 0 Å². The third kappa shape index (κ3) is 3.22. The molecule has 0 radical (unpaired) electrons. The first-order chi connectivity index (χ1) is 9.83. The van der Waals surface area contributed by atoms with Crippen LogP contribution in [0.4, 0.5) is 5.69 Å². The van der Waals surface area contributed by atoms with E-state index in [1.54, 1.807) is 0 Å². The highest BCUT2D eigenvalue weighted by atomic mass is 79.9. The summed E-state index contributed by atoms with van der Waals surface area (Å²) in [4.78, 5) is 2.47. The van der Waals surface area contributed by atoms with Gasteiger partial charge < -0.3 is 10.2 Å². The molecule has 1 heterocycles. The molecule has 0 saturated carbocycles. The molecular weight excluding hydrogens is 312 g/mol. The van der Waals surface area contributed by atoms with Gasteiger partial charge in [-0.3, -0.25) is 0 Å². The minimum Gasteiger partial charge on any atom is -0.370 e. The quantitative estimate of drug-likeness (QED) is 0.895. The van der Waals surface area contributed by atoms with E-state index in [-0.39, 0.29) is 0 Å². The van der Waals surface area contributed by atoms with Crippen molar-refractivity contribution in [1.82, 2.24) is 5.32 Å². The molecule has 1 fully saturated rings. The first-order valence-corrected chi connectivity index (χ1v) is 7.91. The predicted octanol–water partition coefficient (Wildman–Crippen LogP) is 3.99. The summed E-state index contributed by atoms with van der Waals surface area (Å²) in [6, 6.07) is 19.7. The Morgan fingerprint density at radius 1 is 1.05 bits per heavy atom. The summed E-state index contributed by atoms with van der Waals surface area (Å²) >= 11 is 3.57.